The number of hydrogen-bond donors (Lipinski definition) is 1. The summed E-state index contributed by atoms with van der Waals surface area (Å²) in [6.07, 6.45) is 0.705. The lowest BCUT2D eigenvalue weighted by atomic mass is 10.2. The molecule has 58 valence electrons. The number of hydrogen-bond acceptors (Lipinski definition) is 4. The van der Waals surface area contributed by atoms with Crippen molar-refractivity contribution in [2.45, 2.75) is 18.5 Å². The molecule has 1 aliphatic heterocycles. The SMILES string of the molecule is CN1C[C@H](N=O)C[C@H]1CO. The number of aliphatic hydroxyl groups is 1. The third kappa shape index (κ3) is 1.33. The zero-order valence-corrected chi connectivity index (χ0v) is 6.03. The van der Waals surface area contributed by atoms with Crippen molar-refractivity contribution in [3.8, 4) is 0 Å². The van der Waals surface area contributed by atoms with Gasteiger partial charge < -0.3 is 5.11 Å². The van der Waals surface area contributed by atoms with E-state index in [1.165, 1.54) is 0 Å². The number of likely N-dealkylation sites (tertiary alicyclic amines) is 1. The fourth-order valence-electron chi connectivity index (χ4n) is 1.34. The minimum absolute atomic E-state index is 0.109. The van der Waals surface area contributed by atoms with Crippen molar-refractivity contribution in [3.63, 3.8) is 0 Å². The van der Waals surface area contributed by atoms with Crippen LogP contribution in [0.15, 0.2) is 5.18 Å². The molecular formula is C6H12N2O2. The molecule has 1 rings (SSSR count). The van der Waals surface area contributed by atoms with Gasteiger partial charge in [0.1, 0.15) is 6.04 Å². The smallest absolute Gasteiger partial charge is 0.106 e. The Kier molecular flexibility index (Phi) is 2.34. The summed E-state index contributed by atoms with van der Waals surface area (Å²) in [6, 6.07) is 0.0323. The molecule has 1 aliphatic rings. The molecule has 1 saturated heterocycles. The molecule has 2 atom stereocenters. The molecule has 0 spiro atoms. The maximum absolute atomic E-state index is 10.1. The topological polar surface area (TPSA) is 52.9 Å². The predicted octanol–water partition coefficient (Wildman–Crippen LogP) is -0.182. The van der Waals surface area contributed by atoms with Crippen LogP contribution in [0, 0.1) is 4.91 Å². The second kappa shape index (κ2) is 3.07. The molecule has 0 bridgehead atoms. The number of rotatable bonds is 2. The van der Waals surface area contributed by atoms with Crippen molar-refractivity contribution in [2.24, 2.45) is 5.18 Å². The van der Waals surface area contributed by atoms with Crippen LogP contribution in [0.3, 0.4) is 0 Å². The summed E-state index contributed by atoms with van der Waals surface area (Å²) in [6.45, 7) is 0.817. The fourth-order valence-corrected chi connectivity index (χ4v) is 1.34. The minimum Gasteiger partial charge on any atom is -0.395 e. The largest absolute Gasteiger partial charge is 0.395 e. The lowest BCUT2D eigenvalue weighted by Crippen LogP contribution is -2.27. The Bertz CT molecular complexity index is 129. The molecule has 0 radical (unpaired) electrons. The molecule has 10 heavy (non-hydrogen) atoms. The van der Waals surface area contributed by atoms with Crippen molar-refractivity contribution in [1.29, 1.82) is 0 Å². The van der Waals surface area contributed by atoms with Crippen molar-refractivity contribution in [3.05, 3.63) is 4.91 Å². The molecule has 1 heterocycles. The summed E-state index contributed by atoms with van der Waals surface area (Å²) >= 11 is 0. The van der Waals surface area contributed by atoms with Crippen LogP contribution in [-0.4, -0.2) is 42.3 Å². The number of aliphatic hydroxyl groups excluding tert-OH is 1. The van der Waals surface area contributed by atoms with Gasteiger partial charge in [-0.2, -0.15) is 4.91 Å². The van der Waals surface area contributed by atoms with Crippen LogP contribution in [0.5, 0.6) is 0 Å². The van der Waals surface area contributed by atoms with E-state index < -0.39 is 0 Å². The van der Waals surface area contributed by atoms with Gasteiger partial charge in [0.15, 0.2) is 0 Å². The predicted molar refractivity (Wildman–Crippen MR) is 37.7 cm³/mol. The van der Waals surface area contributed by atoms with E-state index in [2.05, 4.69) is 5.18 Å². The van der Waals surface area contributed by atoms with Gasteiger partial charge in [-0.1, -0.05) is 5.18 Å². The highest BCUT2D eigenvalue weighted by Gasteiger charge is 2.29. The van der Waals surface area contributed by atoms with E-state index in [4.69, 9.17) is 5.11 Å². The maximum atomic E-state index is 10.1. The number of nitrogens with zero attached hydrogens (tertiary/aromatic N) is 2. The van der Waals surface area contributed by atoms with Crippen molar-refractivity contribution in [2.75, 3.05) is 20.2 Å². The molecule has 0 aromatic carbocycles. The number of nitroso groups, excluding NO2 is 1. The molecular weight excluding hydrogens is 132 g/mol. The van der Waals surface area contributed by atoms with Crippen LogP contribution < -0.4 is 0 Å². The van der Waals surface area contributed by atoms with Gasteiger partial charge in [-0.05, 0) is 13.5 Å². The summed E-state index contributed by atoms with van der Waals surface area (Å²) in [4.78, 5) is 12.0. The Morgan fingerprint density at radius 2 is 2.50 bits per heavy atom. The quantitative estimate of drug-likeness (QED) is 0.547. The van der Waals surface area contributed by atoms with Gasteiger partial charge >= 0.3 is 0 Å². The molecule has 1 fully saturated rings. The molecule has 4 heteroatoms. The fraction of sp³-hybridized carbons (Fsp3) is 1.00. The lowest BCUT2D eigenvalue weighted by Gasteiger charge is -2.14. The van der Waals surface area contributed by atoms with E-state index in [1.807, 2.05) is 11.9 Å². The van der Waals surface area contributed by atoms with Crippen LogP contribution in [0.4, 0.5) is 0 Å². The highest BCUT2D eigenvalue weighted by molar-refractivity contribution is 4.86. The van der Waals surface area contributed by atoms with Gasteiger partial charge in [-0.3, -0.25) is 4.90 Å². The zero-order chi connectivity index (χ0) is 7.56. The molecule has 0 aliphatic carbocycles. The standard InChI is InChI=1S/C6H12N2O2/c1-8-3-5(7-10)2-6(8)4-9/h5-6,9H,2-4H2,1H3/t5-,6+/m1/s1. The van der Waals surface area contributed by atoms with Crippen LogP contribution >= 0.6 is 0 Å². The summed E-state index contributed by atoms with van der Waals surface area (Å²) in [5, 5.41) is 11.7. The normalized spacial score (nSPS) is 34.6. The van der Waals surface area contributed by atoms with E-state index in [0.29, 0.717) is 13.0 Å². The second-order valence-corrected chi connectivity index (χ2v) is 2.77. The first-order valence-electron chi connectivity index (χ1n) is 3.41. The molecule has 1 N–H and O–H groups in total. The van der Waals surface area contributed by atoms with Gasteiger partial charge in [-0.25, -0.2) is 0 Å². The Balaban J connectivity index is 2.43. The third-order valence-corrected chi connectivity index (χ3v) is 2.03. The molecule has 0 amide bonds. The summed E-state index contributed by atoms with van der Waals surface area (Å²) < 4.78 is 0. The second-order valence-electron chi connectivity index (χ2n) is 2.77. The van der Waals surface area contributed by atoms with Gasteiger partial charge in [0, 0.05) is 12.6 Å². The third-order valence-electron chi connectivity index (χ3n) is 2.03. The summed E-state index contributed by atoms with van der Waals surface area (Å²) in [7, 11) is 1.89. The molecule has 4 nitrogen and oxygen atoms in total. The van der Waals surface area contributed by atoms with E-state index in [0.717, 1.165) is 0 Å². The van der Waals surface area contributed by atoms with E-state index in [-0.39, 0.29) is 18.7 Å². The average molecular weight is 144 g/mol. The Labute approximate surface area is 59.8 Å². The van der Waals surface area contributed by atoms with Gasteiger partial charge in [-0.15, -0.1) is 0 Å². The first-order chi connectivity index (χ1) is 4.77. The Morgan fingerprint density at radius 3 is 2.80 bits per heavy atom. The first kappa shape index (κ1) is 7.63. The maximum Gasteiger partial charge on any atom is 0.106 e. The zero-order valence-electron chi connectivity index (χ0n) is 6.03. The molecule has 0 aromatic heterocycles. The number of likely N-dealkylation sites (N-methyl/N-ethyl adjacent to an activating group) is 1. The van der Waals surface area contributed by atoms with Gasteiger partial charge in [0.05, 0.1) is 6.61 Å². The Morgan fingerprint density at radius 1 is 1.80 bits per heavy atom. The summed E-state index contributed by atoms with van der Waals surface area (Å²) in [5.41, 5.74) is 0. The van der Waals surface area contributed by atoms with Crippen molar-refractivity contribution >= 4 is 0 Å². The molecule has 0 aromatic rings. The highest BCUT2D eigenvalue weighted by Crippen LogP contribution is 2.17. The molecule has 0 unspecified atom stereocenters. The van der Waals surface area contributed by atoms with Crippen LogP contribution in [0.2, 0.25) is 0 Å². The van der Waals surface area contributed by atoms with Crippen LogP contribution in [0.1, 0.15) is 6.42 Å². The van der Waals surface area contributed by atoms with Gasteiger partial charge in [0.25, 0.3) is 0 Å². The molecule has 0 saturated carbocycles. The average Bonchev–Trinajstić information content (AvgIpc) is 2.30. The first-order valence-corrected chi connectivity index (χ1v) is 3.41. The monoisotopic (exact) mass is 144 g/mol. The van der Waals surface area contributed by atoms with E-state index >= 15 is 0 Å². The van der Waals surface area contributed by atoms with E-state index in [9.17, 15) is 4.91 Å². The summed E-state index contributed by atoms with van der Waals surface area (Å²) in [5.74, 6) is 0. The van der Waals surface area contributed by atoms with E-state index in [1.54, 1.807) is 0 Å². The van der Waals surface area contributed by atoms with Crippen molar-refractivity contribution < 1.29 is 5.11 Å². The van der Waals surface area contributed by atoms with Crippen LogP contribution in [-0.2, 0) is 0 Å². The lowest BCUT2D eigenvalue weighted by molar-refractivity contribution is 0.182. The Hall–Kier alpha value is -0.480. The van der Waals surface area contributed by atoms with Gasteiger partial charge in [0.2, 0.25) is 0 Å². The minimum atomic E-state index is -0.109. The highest BCUT2D eigenvalue weighted by atomic mass is 16.3. The van der Waals surface area contributed by atoms with Crippen molar-refractivity contribution in [1.82, 2.24) is 4.90 Å². The van der Waals surface area contributed by atoms with Crippen LogP contribution in [0.25, 0.3) is 0 Å².